The second kappa shape index (κ2) is 11.6. The number of likely N-dealkylation sites (tertiary alicyclic amines) is 1. The van der Waals surface area contributed by atoms with Crippen LogP contribution in [0, 0.1) is 11.8 Å². The van der Waals surface area contributed by atoms with Crippen molar-refractivity contribution >= 4 is 35.1 Å². The average molecular weight is 545 g/mol. The maximum Gasteiger partial charge on any atom is 0.312 e. The molecule has 4 rings (SSSR count). The fourth-order valence-electron chi connectivity index (χ4n) is 6.58. The van der Waals surface area contributed by atoms with E-state index in [0.717, 1.165) is 12.8 Å². The normalized spacial score (nSPS) is 29.3. The van der Waals surface area contributed by atoms with Crippen molar-refractivity contribution in [2.45, 2.75) is 62.7 Å². The Bertz CT molecular complexity index is 1080. The summed E-state index contributed by atoms with van der Waals surface area (Å²) in [6, 6.07) is 5.86. The highest BCUT2D eigenvalue weighted by Gasteiger charge is 2.79. The highest BCUT2D eigenvalue weighted by Crippen LogP contribution is 2.64. The number of unbranched alkanes of at least 4 members (excludes halogenated alkanes) is 2. The Kier molecular flexibility index (Phi) is 8.65. The molecule has 2 amide bonds. The predicted molar refractivity (Wildman–Crippen MR) is 145 cm³/mol. The zero-order chi connectivity index (χ0) is 27.5. The number of hydrogen-bond acceptors (Lipinski definition) is 6. The fourth-order valence-corrected chi connectivity index (χ4v) is 6.70. The van der Waals surface area contributed by atoms with Crippen molar-refractivity contribution in [1.82, 2.24) is 4.90 Å². The monoisotopic (exact) mass is 544 g/mol. The van der Waals surface area contributed by atoms with E-state index in [1.807, 2.05) is 13.0 Å². The number of aliphatic hydroxyl groups is 1. The first kappa shape index (κ1) is 28.3. The number of aliphatic hydroxyl groups excluding tert-OH is 1. The summed E-state index contributed by atoms with van der Waals surface area (Å²) in [5.41, 5.74) is -1.45. The Morgan fingerprint density at radius 2 is 1.97 bits per heavy atom. The second-order valence-electron chi connectivity index (χ2n) is 10.3. The molecular formula is C29H37ClN2O6. The summed E-state index contributed by atoms with van der Waals surface area (Å²) in [6.45, 7) is 9.55. The van der Waals surface area contributed by atoms with E-state index < -0.39 is 35.0 Å². The topological polar surface area (TPSA) is 96.4 Å². The summed E-state index contributed by atoms with van der Waals surface area (Å²) < 4.78 is 12.4. The van der Waals surface area contributed by atoms with E-state index in [0.29, 0.717) is 36.4 Å². The van der Waals surface area contributed by atoms with E-state index in [1.165, 1.54) is 4.90 Å². The van der Waals surface area contributed by atoms with Gasteiger partial charge in [-0.05, 0) is 62.8 Å². The SMILES string of the molecule is C=CCCCCOC(=O)[C@@H]1[C@H]2C(=O)N(CCO)C(C(=O)N(CC=C)c3ccc(Cl)cc3)C23CC[C@@]1(CC)O3. The van der Waals surface area contributed by atoms with Crippen molar-refractivity contribution in [3.63, 3.8) is 0 Å². The first-order chi connectivity index (χ1) is 18.3. The average Bonchev–Trinajstić information content (AvgIpc) is 3.51. The Hall–Kier alpha value is -2.68. The number of rotatable bonds is 13. The lowest BCUT2D eigenvalue weighted by Gasteiger charge is -2.36. The van der Waals surface area contributed by atoms with Crippen LogP contribution in [-0.2, 0) is 23.9 Å². The number of anilines is 1. The molecule has 0 radical (unpaired) electrons. The molecule has 0 aromatic heterocycles. The van der Waals surface area contributed by atoms with Gasteiger partial charge in [0.25, 0.3) is 5.91 Å². The van der Waals surface area contributed by atoms with Gasteiger partial charge in [-0.3, -0.25) is 14.4 Å². The maximum atomic E-state index is 14.3. The number of allylic oxidation sites excluding steroid dienone is 1. The number of fused-ring (bicyclic) bond motifs is 1. The molecule has 3 fully saturated rings. The van der Waals surface area contributed by atoms with E-state index >= 15 is 0 Å². The van der Waals surface area contributed by atoms with E-state index in [1.54, 1.807) is 35.2 Å². The third kappa shape index (κ3) is 4.67. The lowest BCUT2D eigenvalue weighted by molar-refractivity contribution is -0.161. The summed E-state index contributed by atoms with van der Waals surface area (Å²) in [6.07, 6.45) is 7.35. The van der Waals surface area contributed by atoms with Crippen molar-refractivity contribution in [3.8, 4) is 0 Å². The highest BCUT2D eigenvalue weighted by molar-refractivity contribution is 6.30. The minimum absolute atomic E-state index is 0.0398. The van der Waals surface area contributed by atoms with Crippen molar-refractivity contribution < 1.29 is 29.0 Å². The van der Waals surface area contributed by atoms with Gasteiger partial charge in [-0.25, -0.2) is 0 Å². The zero-order valence-corrected chi connectivity index (χ0v) is 22.7. The molecule has 2 bridgehead atoms. The third-order valence-corrected chi connectivity index (χ3v) is 8.52. The fraction of sp³-hybridized carbons (Fsp3) is 0.552. The van der Waals surface area contributed by atoms with Crippen LogP contribution in [0.4, 0.5) is 5.69 Å². The molecule has 9 heteroatoms. The smallest absolute Gasteiger partial charge is 0.312 e. The van der Waals surface area contributed by atoms with E-state index in [2.05, 4.69) is 13.2 Å². The molecule has 38 heavy (non-hydrogen) atoms. The van der Waals surface area contributed by atoms with Crippen LogP contribution >= 0.6 is 11.6 Å². The summed E-state index contributed by atoms with van der Waals surface area (Å²) in [4.78, 5) is 44.6. The van der Waals surface area contributed by atoms with Gasteiger partial charge in [0.2, 0.25) is 5.91 Å². The molecule has 206 valence electrons. The van der Waals surface area contributed by atoms with Crippen LogP contribution in [0.2, 0.25) is 5.02 Å². The molecule has 8 nitrogen and oxygen atoms in total. The third-order valence-electron chi connectivity index (χ3n) is 8.27. The molecule has 3 aliphatic heterocycles. The molecular weight excluding hydrogens is 508 g/mol. The zero-order valence-electron chi connectivity index (χ0n) is 21.9. The van der Waals surface area contributed by atoms with Crippen LogP contribution in [0.25, 0.3) is 0 Å². The van der Waals surface area contributed by atoms with E-state index in [-0.39, 0.29) is 38.1 Å². The van der Waals surface area contributed by atoms with Gasteiger partial charge in [0.15, 0.2) is 0 Å². The van der Waals surface area contributed by atoms with E-state index in [9.17, 15) is 19.5 Å². The van der Waals surface area contributed by atoms with Crippen LogP contribution < -0.4 is 4.90 Å². The molecule has 3 heterocycles. The number of carbonyl (C=O) groups excluding carboxylic acids is 3. The summed E-state index contributed by atoms with van der Waals surface area (Å²) in [5, 5.41) is 10.4. The number of halogens is 1. The Morgan fingerprint density at radius 1 is 1.24 bits per heavy atom. The largest absolute Gasteiger partial charge is 0.465 e. The Balaban J connectivity index is 1.70. The number of ether oxygens (including phenoxy) is 2. The molecule has 3 saturated heterocycles. The lowest BCUT2D eigenvalue weighted by atomic mass is 9.65. The van der Waals surface area contributed by atoms with Crippen LogP contribution in [0.3, 0.4) is 0 Å². The minimum atomic E-state index is -1.18. The van der Waals surface area contributed by atoms with Gasteiger partial charge in [-0.15, -0.1) is 13.2 Å². The molecule has 5 atom stereocenters. The molecule has 1 N–H and O–H groups in total. The van der Waals surface area contributed by atoms with Gasteiger partial charge >= 0.3 is 5.97 Å². The Labute approximate surface area is 229 Å². The summed E-state index contributed by atoms with van der Waals surface area (Å²) in [5.74, 6) is -2.82. The number of carbonyl (C=O) groups is 3. The van der Waals surface area contributed by atoms with Crippen LogP contribution in [0.15, 0.2) is 49.6 Å². The maximum absolute atomic E-state index is 14.3. The van der Waals surface area contributed by atoms with Crippen molar-refractivity contribution in [2.24, 2.45) is 11.8 Å². The van der Waals surface area contributed by atoms with Gasteiger partial charge in [0.05, 0.1) is 24.7 Å². The van der Waals surface area contributed by atoms with Gasteiger partial charge in [0, 0.05) is 23.8 Å². The van der Waals surface area contributed by atoms with Crippen molar-refractivity contribution in [1.29, 1.82) is 0 Å². The van der Waals surface area contributed by atoms with Crippen molar-refractivity contribution in [2.75, 3.05) is 31.2 Å². The van der Waals surface area contributed by atoms with Crippen molar-refractivity contribution in [3.05, 3.63) is 54.6 Å². The molecule has 1 aromatic rings. The summed E-state index contributed by atoms with van der Waals surface area (Å²) in [7, 11) is 0. The first-order valence-electron chi connectivity index (χ1n) is 13.4. The lowest BCUT2D eigenvalue weighted by Crippen LogP contribution is -2.56. The standard InChI is InChI=1S/C29H37ClN2O6/c1-4-7-8-9-19-37-27(36)23-22-25(34)32(17-18-33)24(29(22)15-14-28(23,6-3)38-29)26(35)31(16-5-2)21-12-10-20(30)11-13-21/h4-5,10-13,22-24,33H,1-2,6-9,14-19H2,3H3/t22-,23-,24?,28+,29?/m0/s1. The number of β-amino-alcohol motifs (C(OH)–C–C–N with tert-alkyl or cyclic N) is 1. The Morgan fingerprint density at radius 3 is 2.61 bits per heavy atom. The molecule has 3 aliphatic rings. The van der Waals surface area contributed by atoms with Gasteiger partial charge in [0.1, 0.15) is 17.6 Å². The van der Waals surface area contributed by atoms with Gasteiger partial charge in [-0.2, -0.15) is 0 Å². The molecule has 0 saturated carbocycles. The van der Waals surface area contributed by atoms with Gasteiger partial charge in [-0.1, -0.05) is 30.7 Å². The van der Waals surface area contributed by atoms with Gasteiger partial charge < -0.3 is 24.4 Å². The molecule has 1 aromatic carbocycles. The number of benzene rings is 1. The summed E-state index contributed by atoms with van der Waals surface area (Å²) >= 11 is 6.07. The van der Waals surface area contributed by atoms with E-state index in [4.69, 9.17) is 21.1 Å². The van der Waals surface area contributed by atoms with Crippen LogP contribution in [0.1, 0.15) is 45.4 Å². The highest BCUT2D eigenvalue weighted by atomic mass is 35.5. The predicted octanol–water partition coefficient (Wildman–Crippen LogP) is 3.91. The number of amides is 2. The molecule has 0 aliphatic carbocycles. The van der Waals surface area contributed by atoms with Crippen LogP contribution in [0.5, 0.6) is 0 Å². The number of hydrogen-bond donors (Lipinski definition) is 1. The minimum Gasteiger partial charge on any atom is -0.465 e. The first-order valence-corrected chi connectivity index (χ1v) is 13.7. The molecule has 1 spiro atoms. The van der Waals surface area contributed by atoms with Crippen LogP contribution in [-0.4, -0.2) is 71.3 Å². The number of esters is 1. The number of nitrogens with zero attached hydrogens (tertiary/aromatic N) is 2. The molecule has 2 unspecified atom stereocenters. The second-order valence-corrected chi connectivity index (χ2v) is 10.7. The quantitative estimate of drug-likeness (QED) is 0.230.